The lowest BCUT2D eigenvalue weighted by Crippen LogP contribution is -2.35. The minimum Gasteiger partial charge on any atom is -0.356 e. The molecule has 5 heteroatoms. The summed E-state index contributed by atoms with van der Waals surface area (Å²) in [4.78, 5) is 0. The van der Waals surface area contributed by atoms with Crippen molar-refractivity contribution in [3.8, 4) is 11.3 Å². The highest BCUT2D eigenvalue weighted by atomic mass is 19.1. The van der Waals surface area contributed by atoms with E-state index in [1.807, 2.05) is 20.8 Å². The van der Waals surface area contributed by atoms with E-state index in [1.54, 1.807) is 6.20 Å². The molecule has 0 fully saturated rings. The summed E-state index contributed by atoms with van der Waals surface area (Å²) in [6, 6.07) is 3.28. The monoisotopic (exact) mass is 266 g/mol. The fourth-order valence-corrected chi connectivity index (χ4v) is 1.67. The average Bonchev–Trinajstić information content (AvgIpc) is 2.72. The number of hydrogen-bond acceptors (Lipinski definition) is 3. The molecule has 1 aromatic heterocycles. The Balaban J connectivity index is 2.28. The van der Waals surface area contributed by atoms with Crippen LogP contribution in [0.15, 0.2) is 28.9 Å². The number of benzene rings is 1. The van der Waals surface area contributed by atoms with Gasteiger partial charge in [0.05, 0.1) is 6.20 Å². The normalized spacial score (nSPS) is 11.8. The van der Waals surface area contributed by atoms with Crippen molar-refractivity contribution in [1.29, 1.82) is 0 Å². The summed E-state index contributed by atoms with van der Waals surface area (Å²) in [5, 5.41) is 6.97. The fraction of sp³-hybridized carbons (Fsp3) is 0.357. The largest absolute Gasteiger partial charge is 0.356 e. The van der Waals surface area contributed by atoms with Gasteiger partial charge in [-0.25, -0.2) is 8.78 Å². The molecule has 0 saturated heterocycles. The second-order valence-corrected chi connectivity index (χ2v) is 5.44. The molecule has 19 heavy (non-hydrogen) atoms. The summed E-state index contributed by atoms with van der Waals surface area (Å²) in [7, 11) is 0. The maximum atomic E-state index is 13.2. The Morgan fingerprint density at radius 1 is 1.16 bits per heavy atom. The van der Waals surface area contributed by atoms with Gasteiger partial charge in [0.25, 0.3) is 0 Å². The summed E-state index contributed by atoms with van der Waals surface area (Å²) in [5.74, 6) is -0.891. The van der Waals surface area contributed by atoms with Gasteiger partial charge in [-0.3, -0.25) is 0 Å². The smallest absolute Gasteiger partial charge is 0.171 e. The lowest BCUT2D eigenvalue weighted by Gasteiger charge is -2.20. The fourth-order valence-electron chi connectivity index (χ4n) is 1.67. The third-order valence-electron chi connectivity index (χ3n) is 2.58. The molecule has 0 amide bonds. The standard InChI is InChI=1S/C14H16F2N2O/c1-14(2,3)17-7-10-8-18-19-13(10)9-4-11(15)6-12(16)5-9/h4-6,8,17H,7H2,1-3H3. The molecular formula is C14H16F2N2O. The molecule has 2 aromatic rings. The van der Waals surface area contributed by atoms with Crippen LogP contribution in [0.3, 0.4) is 0 Å². The van der Waals surface area contributed by atoms with Crippen molar-refractivity contribution in [1.82, 2.24) is 10.5 Å². The molecule has 0 aliphatic heterocycles. The van der Waals surface area contributed by atoms with Gasteiger partial charge >= 0.3 is 0 Å². The van der Waals surface area contributed by atoms with Crippen molar-refractivity contribution in [2.24, 2.45) is 0 Å². The van der Waals surface area contributed by atoms with Crippen molar-refractivity contribution < 1.29 is 13.3 Å². The highest BCUT2D eigenvalue weighted by Crippen LogP contribution is 2.25. The van der Waals surface area contributed by atoms with Gasteiger partial charge in [-0.1, -0.05) is 5.16 Å². The van der Waals surface area contributed by atoms with Crippen LogP contribution >= 0.6 is 0 Å². The zero-order valence-corrected chi connectivity index (χ0v) is 11.1. The van der Waals surface area contributed by atoms with Gasteiger partial charge in [0, 0.05) is 29.3 Å². The number of aromatic nitrogens is 1. The predicted octanol–water partition coefficient (Wildman–Crippen LogP) is 3.51. The first-order valence-corrected chi connectivity index (χ1v) is 6.00. The van der Waals surface area contributed by atoms with E-state index in [9.17, 15) is 8.78 Å². The predicted molar refractivity (Wildman–Crippen MR) is 68.4 cm³/mol. The highest BCUT2D eigenvalue weighted by molar-refractivity contribution is 5.60. The third kappa shape index (κ3) is 3.61. The molecule has 0 aliphatic rings. The van der Waals surface area contributed by atoms with Gasteiger partial charge in [0.15, 0.2) is 5.76 Å². The molecule has 0 bridgehead atoms. The zero-order valence-electron chi connectivity index (χ0n) is 11.1. The molecule has 0 unspecified atom stereocenters. The molecule has 0 atom stereocenters. The Morgan fingerprint density at radius 3 is 2.37 bits per heavy atom. The molecule has 3 nitrogen and oxygen atoms in total. The van der Waals surface area contributed by atoms with E-state index in [2.05, 4.69) is 10.5 Å². The van der Waals surface area contributed by atoms with Crippen LogP contribution in [0.4, 0.5) is 8.78 Å². The molecule has 0 aliphatic carbocycles. The maximum Gasteiger partial charge on any atom is 0.171 e. The molecule has 0 radical (unpaired) electrons. The first-order chi connectivity index (χ1) is 8.85. The van der Waals surface area contributed by atoms with E-state index < -0.39 is 11.6 Å². The summed E-state index contributed by atoms with van der Waals surface area (Å²) >= 11 is 0. The van der Waals surface area contributed by atoms with E-state index in [0.29, 0.717) is 17.9 Å². The number of halogens is 2. The van der Waals surface area contributed by atoms with Crippen LogP contribution in [0.5, 0.6) is 0 Å². The Kier molecular flexibility index (Phi) is 3.66. The van der Waals surface area contributed by atoms with Crippen LogP contribution in [0.1, 0.15) is 26.3 Å². The quantitative estimate of drug-likeness (QED) is 0.923. The van der Waals surface area contributed by atoms with Crippen molar-refractivity contribution in [3.63, 3.8) is 0 Å². The molecule has 1 N–H and O–H groups in total. The SMILES string of the molecule is CC(C)(C)NCc1cnoc1-c1cc(F)cc(F)c1. The third-order valence-corrected chi connectivity index (χ3v) is 2.58. The van der Waals surface area contributed by atoms with Crippen molar-refractivity contribution in [3.05, 3.63) is 41.6 Å². The van der Waals surface area contributed by atoms with Gasteiger partial charge in [0.2, 0.25) is 0 Å². The summed E-state index contributed by atoms with van der Waals surface area (Å²) in [5.41, 5.74) is 1.04. The Morgan fingerprint density at radius 2 is 1.79 bits per heavy atom. The number of nitrogens with one attached hydrogen (secondary N) is 1. The van der Waals surface area contributed by atoms with E-state index in [-0.39, 0.29) is 5.54 Å². The Bertz CT molecular complexity index is 553. The summed E-state index contributed by atoms with van der Waals surface area (Å²) in [6.07, 6.45) is 1.55. The summed E-state index contributed by atoms with van der Waals surface area (Å²) < 4.78 is 31.5. The lowest BCUT2D eigenvalue weighted by molar-refractivity contribution is 0.418. The first-order valence-electron chi connectivity index (χ1n) is 6.00. The van der Waals surface area contributed by atoms with E-state index in [4.69, 9.17) is 4.52 Å². The highest BCUT2D eigenvalue weighted by Gasteiger charge is 2.15. The van der Waals surface area contributed by atoms with E-state index in [0.717, 1.165) is 11.6 Å². The Hall–Kier alpha value is -1.75. The van der Waals surface area contributed by atoms with Gasteiger partial charge in [-0.2, -0.15) is 0 Å². The average molecular weight is 266 g/mol. The molecular weight excluding hydrogens is 250 g/mol. The van der Waals surface area contributed by atoms with Crippen LogP contribution < -0.4 is 5.32 Å². The van der Waals surface area contributed by atoms with Crippen LogP contribution in [0.2, 0.25) is 0 Å². The molecule has 1 heterocycles. The van der Waals surface area contributed by atoms with Crippen molar-refractivity contribution in [2.75, 3.05) is 0 Å². The van der Waals surface area contributed by atoms with E-state index >= 15 is 0 Å². The number of nitrogens with zero attached hydrogens (tertiary/aromatic N) is 1. The zero-order chi connectivity index (χ0) is 14.0. The molecule has 1 aromatic carbocycles. The number of hydrogen-bond donors (Lipinski definition) is 1. The summed E-state index contributed by atoms with van der Waals surface area (Å²) in [6.45, 7) is 6.60. The van der Waals surface area contributed by atoms with Crippen LogP contribution in [0.25, 0.3) is 11.3 Å². The maximum absolute atomic E-state index is 13.2. The molecule has 0 saturated carbocycles. The molecule has 2 rings (SSSR count). The topological polar surface area (TPSA) is 38.1 Å². The van der Waals surface area contributed by atoms with Gasteiger partial charge in [0.1, 0.15) is 11.6 Å². The first kappa shape index (κ1) is 13.7. The minimum absolute atomic E-state index is 0.0677. The van der Waals surface area contributed by atoms with Gasteiger partial charge in [-0.05, 0) is 32.9 Å². The van der Waals surface area contributed by atoms with Crippen LogP contribution in [0, 0.1) is 11.6 Å². The van der Waals surface area contributed by atoms with Crippen LogP contribution in [-0.4, -0.2) is 10.7 Å². The second kappa shape index (κ2) is 5.09. The van der Waals surface area contributed by atoms with Gasteiger partial charge in [-0.15, -0.1) is 0 Å². The molecule has 0 spiro atoms. The Labute approximate surface area is 110 Å². The van der Waals surface area contributed by atoms with Crippen LogP contribution in [-0.2, 0) is 6.54 Å². The van der Waals surface area contributed by atoms with Crippen molar-refractivity contribution >= 4 is 0 Å². The second-order valence-electron chi connectivity index (χ2n) is 5.44. The number of rotatable bonds is 3. The lowest BCUT2D eigenvalue weighted by atomic mass is 10.1. The van der Waals surface area contributed by atoms with E-state index in [1.165, 1.54) is 12.1 Å². The van der Waals surface area contributed by atoms with Gasteiger partial charge < -0.3 is 9.84 Å². The van der Waals surface area contributed by atoms with Crippen molar-refractivity contribution in [2.45, 2.75) is 32.9 Å². The molecule has 102 valence electrons. The minimum atomic E-state index is -0.638.